The first-order chi connectivity index (χ1) is 9.24. The molecule has 0 aromatic heterocycles. The first-order valence-electron chi connectivity index (χ1n) is 7.36. The van der Waals surface area contributed by atoms with Gasteiger partial charge in [0, 0.05) is 19.6 Å². The average Bonchev–Trinajstić information content (AvgIpc) is 2.93. The Hall–Kier alpha value is -1.06. The molecule has 3 heteroatoms. The lowest BCUT2D eigenvalue weighted by atomic mass is 10.0. The second kappa shape index (κ2) is 5.51. The topological polar surface area (TPSA) is 24.5 Å². The van der Waals surface area contributed by atoms with Crippen molar-refractivity contribution in [1.29, 1.82) is 0 Å². The Morgan fingerprint density at radius 2 is 1.79 bits per heavy atom. The molecule has 0 radical (unpaired) electrons. The predicted octanol–water partition coefficient (Wildman–Crippen LogP) is 1.83. The molecule has 104 valence electrons. The Labute approximate surface area is 115 Å². The molecule has 0 amide bonds. The third kappa shape index (κ3) is 2.77. The van der Waals surface area contributed by atoms with E-state index in [1.54, 1.807) is 0 Å². The SMILES string of the molecule is Cc1cccc(C)c1OCCN1C[C@H]2CNC[C@H]2C1. The van der Waals surface area contributed by atoms with Crippen LogP contribution in [-0.4, -0.2) is 44.2 Å². The summed E-state index contributed by atoms with van der Waals surface area (Å²) < 4.78 is 5.99. The van der Waals surface area contributed by atoms with Crippen LogP contribution in [0.15, 0.2) is 18.2 Å². The molecule has 2 heterocycles. The number of nitrogens with one attached hydrogen (secondary N) is 1. The van der Waals surface area contributed by atoms with Gasteiger partial charge in [-0.2, -0.15) is 0 Å². The summed E-state index contributed by atoms with van der Waals surface area (Å²) in [5.74, 6) is 2.82. The number of likely N-dealkylation sites (tertiary alicyclic amines) is 1. The molecule has 0 unspecified atom stereocenters. The Kier molecular flexibility index (Phi) is 3.76. The van der Waals surface area contributed by atoms with Crippen LogP contribution in [0.5, 0.6) is 5.75 Å². The fraction of sp³-hybridized carbons (Fsp3) is 0.625. The largest absolute Gasteiger partial charge is 0.492 e. The third-order valence-electron chi connectivity index (χ3n) is 4.53. The Bertz CT molecular complexity index is 414. The summed E-state index contributed by atoms with van der Waals surface area (Å²) in [5.41, 5.74) is 2.48. The van der Waals surface area contributed by atoms with Gasteiger partial charge in [-0.1, -0.05) is 18.2 Å². The normalized spacial score (nSPS) is 26.6. The number of fused-ring (bicyclic) bond motifs is 1. The van der Waals surface area contributed by atoms with E-state index in [2.05, 4.69) is 42.3 Å². The van der Waals surface area contributed by atoms with E-state index >= 15 is 0 Å². The summed E-state index contributed by atoms with van der Waals surface area (Å²) in [7, 11) is 0. The minimum absolute atomic E-state index is 0.804. The van der Waals surface area contributed by atoms with Crippen LogP contribution in [0.4, 0.5) is 0 Å². The average molecular weight is 260 g/mol. The molecule has 2 saturated heterocycles. The van der Waals surface area contributed by atoms with Crippen molar-refractivity contribution in [2.24, 2.45) is 11.8 Å². The molecule has 2 aliphatic heterocycles. The lowest BCUT2D eigenvalue weighted by molar-refractivity contribution is 0.226. The highest BCUT2D eigenvalue weighted by molar-refractivity contribution is 5.39. The van der Waals surface area contributed by atoms with Gasteiger partial charge in [0.1, 0.15) is 12.4 Å². The molecule has 1 N–H and O–H groups in total. The van der Waals surface area contributed by atoms with Gasteiger partial charge in [-0.15, -0.1) is 0 Å². The van der Waals surface area contributed by atoms with Gasteiger partial charge in [0.2, 0.25) is 0 Å². The molecule has 2 atom stereocenters. The van der Waals surface area contributed by atoms with Gasteiger partial charge in [0.05, 0.1) is 0 Å². The van der Waals surface area contributed by atoms with E-state index < -0.39 is 0 Å². The molecule has 1 aromatic rings. The summed E-state index contributed by atoms with van der Waals surface area (Å²) in [4.78, 5) is 2.56. The molecule has 0 aliphatic carbocycles. The third-order valence-corrected chi connectivity index (χ3v) is 4.53. The van der Waals surface area contributed by atoms with Crippen molar-refractivity contribution >= 4 is 0 Å². The van der Waals surface area contributed by atoms with Crippen LogP contribution in [0.1, 0.15) is 11.1 Å². The monoisotopic (exact) mass is 260 g/mol. The molecule has 2 fully saturated rings. The minimum Gasteiger partial charge on any atom is -0.492 e. The lowest BCUT2D eigenvalue weighted by Crippen LogP contribution is -2.29. The van der Waals surface area contributed by atoms with Crippen molar-refractivity contribution in [2.75, 3.05) is 39.3 Å². The number of para-hydroxylation sites is 1. The van der Waals surface area contributed by atoms with E-state index in [4.69, 9.17) is 4.74 Å². The number of benzene rings is 1. The van der Waals surface area contributed by atoms with E-state index in [9.17, 15) is 0 Å². The van der Waals surface area contributed by atoms with Crippen molar-refractivity contribution in [2.45, 2.75) is 13.8 Å². The van der Waals surface area contributed by atoms with Crippen molar-refractivity contribution in [3.8, 4) is 5.75 Å². The maximum atomic E-state index is 5.99. The molecule has 3 nitrogen and oxygen atoms in total. The predicted molar refractivity (Wildman–Crippen MR) is 77.7 cm³/mol. The fourth-order valence-electron chi connectivity index (χ4n) is 3.44. The summed E-state index contributed by atoms with van der Waals surface area (Å²) in [6.07, 6.45) is 0. The van der Waals surface area contributed by atoms with Crippen LogP contribution in [0.3, 0.4) is 0 Å². The van der Waals surface area contributed by atoms with Crippen LogP contribution in [0, 0.1) is 25.7 Å². The van der Waals surface area contributed by atoms with E-state index in [-0.39, 0.29) is 0 Å². The molecule has 2 aliphatic rings. The van der Waals surface area contributed by atoms with Crippen LogP contribution in [0.25, 0.3) is 0 Å². The number of hydrogen-bond acceptors (Lipinski definition) is 3. The van der Waals surface area contributed by atoms with Crippen molar-refractivity contribution < 1.29 is 4.74 Å². The molecule has 0 spiro atoms. The van der Waals surface area contributed by atoms with Crippen molar-refractivity contribution in [3.63, 3.8) is 0 Å². The van der Waals surface area contributed by atoms with Gasteiger partial charge in [-0.25, -0.2) is 0 Å². The second-order valence-corrected chi connectivity index (χ2v) is 6.01. The number of ether oxygens (including phenoxy) is 1. The summed E-state index contributed by atoms with van der Waals surface area (Å²) >= 11 is 0. The van der Waals surface area contributed by atoms with Gasteiger partial charge in [0.25, 0.3) is 0 Å². The van der Waals surface area contributed by atoms with E-state index in [0.717, 1.165) is 30.7 Å². The summed E-state index contributed by atoms with van der Waals surface area (Å²) in [6, 6.07) is 6.33. The molecule has 1 aromatic carbocycles. The fourth-order valence-corrected chi connectivity index (χ4v) is 3.44. The van der Waals surface area contributed by atoms with Gasteiger partial charge in [-0.3, -0.25) is 4.90 Å². The number of hydrogen-bond donors (Lipinski definition) is 1. The molecule has 0 saturated carbocycles. The summed E-state index contributed by atoms with van der Waals surface area (Å²) in [6.45, 7) is 11.0. The first kappa shape index (κ1) is 12.9. The Morgan fingerprint density at radius 1 is 1.16 bits per heavy atom. The highest BCUT2D eigenvalue weighted by Crippen LogP contribution is 2.26. The van der Waals surface area contributed by atoms with Gasteiger partial charge < -0.3 is 10.1 Å². The zero-order valence-corrected chi connectivity index (χ0v) is 12.0. The maximum absolute atomic E-state index is 5.99. The number of nitrogens with zero attached hydrogens (tertiary/aromatic N) is 1. The molecule has 19 heavy (non-hydrogen) atoms. The number of aryl methyl sites for hydroxylation is 2. The number of rotatable bonds is 4. The minimum atomic E-state index is 0.804. The zero-order valence-electron chi connectivity index (χ0n) is 12.0. The molecule has 0 bridgehead atoms. The quantitative estimate of drug-likeness (QED) is 0.894. The maximum Gasteiger partial charge on any atom is 0.125 e. The van der Waals surface area contributed by atoms with E-state index in [0.29, 0.717) is 0 Å². The van der Waals surface area contributed by atoms with Crippen LogP contribution >= 0.6 is 0 Å². The lowest BCUT2D eigenvalue weighted by Gasteiger charge is -2.18. The molecular formula is C16H24N2O. The highest BCUT2D eigenvalue weighted by atomic mass is 16.5. The van der Waals surface area contributed by atoms with Crippen molar-refractivity contribution in [3.05, 3.63) is 29.3 Å². The molecular weight excluding hydrogens is 236 g/mol. The zero-order chi connectivity index (χ0) is 13.2. The van der Waals surface area contributed by atoms with Crippen LogP contribution < -0.4 is 10.1 Å². The van der Waals surface area contributed by atoms with Crippen LogP contribution in [0.2, 0.25) is 0 Å². The summed E-state index contributed by atoms with van der Waals surface area (Å²) in [5, 5.41) is 3.48. The second-order valence-electron chi connectivity index (χ2n) is 6.01. The van der Waals surface area contributed by atoms with Crippen molar-refractivity contribution in [1.82, 2.24) is 10.2 Å². The Morgan fingerprint density at radius 3 is 2.42 bits per heavy atom. The smallest absolute Gasteiger partial charge is 0.125 e. The van der Waals surface area contributed by atoms with E-state index in [1.807, 2.05) is 0 Å². The highest BCUT2D eigenvalue weighted by Gasteiger charge is 2.35. The molecule has 3 rings (SSSR count). The van der Waals surface area contributed by atoms with Gasteiger partial charge in [0.15, 0.2) is 0 Å². The van der Waals surface area contributed by atoms with E-state index in [1.165, 1.54) is 37.3 Å². The van der Waals surface area contributed by atoms with Gasteiger partial charge >= 0.3 is 0 Å². The first-order valence-corrected chi connectivity index (χ1v) is 7.36. The Balaban J connectivity index is 1.49. The standard InChI is InChI=1S/C16H24N2O/c1-12-4-3-5-13(2)16(12)19-7-6-18-10-14-8-17-9-15(14)11-18/h3-5,14-15,17H,6-11H2,1-2H3/t14-,15+. The van der Waals surface area contributed by atoms with Crippen LogP contribution in [-0.2, 0) is 0 Å². The van der Waals surface area contributed by atoms with Gasteiger partial charge in [-0.05, 0) is 49.9 Å².